The van der Waals surface area contributed by atoms with E-state index in [-0.39, 0.29) is 5.78 Å². The smallest absolute Gasteiger partial charge is 0.234 e. The summed E-state index contributed by atoms with van der Waals surface area (Å²) >= 11 is 1.25. The van der Waals surface area contributed by atoms with Gasteiger partial charge in [0, 0.05) is 0 Å². The van der Waals surface area contributed by atoms with Crippen molar-refractivity contribution in [1.82, 2.24) is 0 Å². The van der Waals surface area contributed by atoms with E-state index in [4.69, 9.17) is 10.7 Å². The number of allylic oxidation sites excluding steroid dienone is 1. The minimum atomic E-state index is -1.88. The van der Waals surface area contributed by atoms with Crippen LogP contribution in [0.4, 0.5) is 0 Å². The van der Waals surface area contributed by atoms with Crippen LogP contribution in [0, 0.1) is 55.5 Å². The van der Waals surface area contributed by atoms with Crippen LogP contribution < -0.4 is 0 Å². The van der Waals surface area contributed by atoms with Gasteiger partial charge in [0.25, 0.3) is 0 Å². The predicted octanol–water partition coefficient (Wildman–Crippen LogP) is 3.39. The van der Waals surface area contributed by atoms with Crippen LogP contribution in [0.25, 0.3) is 5.41 Å². The summed E-state index contributed by atoms with van der Waals surface area (Å²) in [5.41, 5.74) is -3.64. The lowest BCUT2D eigenvalue weighted by Crippen LogP contribution is -2.59. The van der Waals surface area contributed by atoms with Gasteiger partial charge in [0.1, 0.15) is 6.07 Å². The SMILES string of the molecule is CC1(C)C(=O)C(C)(C)[C+]1SC(C)(C)C(C#N)(C#N)C(=C=[N-])C#N. The van der Waals surface area contributed by atoms with E-state index in [2.05, 4.69) is 0 Å². The molecular formula is C17H18N4OS. The zero-order chi connectivity index (χ0) is 18.3. The van der Waals surface area contributed by atoms with Crippen LogP contribution in [-0.4, -0.2) is 16.4 Å². The first kappa shape index (κ1) is 18.9. The normalized spacial score (nSPS) is 18.7. The lowest BCUT2D eigenvalue weighted by Gasteiger charge is -2.46. The zero-order valence-electron chi connectivity index (χ0n) is 14.1. The summed E-state index contributed by atoms with van der Waals surface area (Å²) in [5.74, 6) is 1.77. The van der Waals surface area contributed by atoms with Crippen molar-refractivity contribution >= 4 is 23.4 Å². The van der Waals surface area contributed by atoms with E-state index in [1.165, 1.54) is 11.8 Å². The molecule has 23 heavy (non-hydrogen) atoms. The maximum atomic E-state index is 12.3. The summed E-state index contributed by atoms with van der Waals surface area (Å²) in [6.07, 6.45) is 0. The summed E-state index contributed by atoms with van der Waals surface area (Å²) in [4.78, 5) is 12.3. The van der Waals surface area contributed by atoms with Crippen molar-refractivity contribution in [2.45, 2.75) is 46.3 Å². The lowest BCUT2D eigenvalue weighted by molar-refractivity contribution is -0.143. The molecule has 0 bridgehead atoms. The first-order valence-corrected chi connectivity index (χ1v) is 7.82. The molecule has 1 aliphatic rings. The topological polar surface area (TPSA) is 111 Å². The highest BCUT2D eigenvalue weighted by Gasteiger charge is 2.76. The molecule has 0 aromatic carbocycles. The fourth-order valence-corrected chi connectivity index (χ4v) is 4.75. The van der Waals surface area contributed by atoms with Crippen molar-refractivity contribution in [3.05, 3.63) is 16.2 Å². The van der Waals surface area contributed by atoms with E-state index in [1.54, 1.807) is 53.5 Å². The number of ketones is 1. The Bertz CT molecular complexity index is 689. The average Bonchev–Trinajstić information content (AvgIpc) is 2.49. The van der Waals surface area contributed by atoms with Gasteiger partial charge >= 0.3 is 0 Å². The van der Waals surface area contributed by atoms with Gasteiger partial charge in [-0.15, -0.1) is 0 Å². The van der Waals surface area contributed by atoms with Crippen LogP contribution >= 0.6 is 11.8 Å². The molecular weight excluding hydrogens is 308 g/mol. The Morgan fingerprint density at radius 3 is 1.87 bits per heavy atom. The van der Waals surface area contributed by atoms with Gasteiger partial charge in [0.05, 0.1) is 34.2 Å². The average molecular weight is 326 g/mol. The third-order valence-corrected chi connectivity index (χ3v) is 6.51. The fourth-order valence-electron chi connectivity index (χ4n) is 3.19. The van der Waals surface area contributed by atoms with E-state index in [1.807, 2.05) is 12.1 Å². The Morgan fingerprint density at radius 1 is 1.13 bits per heavy atom. The number of nitriles is 3. The van der Waals surface area contributed by atoms with E-state index in [0.717, 1.165) is 5.25 Å². The van der Waals surface area contributed by atoms with Crippen molar-refractivity contribution in [3.63, 3.8) is 0 Å². The molecule has 118 valence electrons. The molecule has 0 atom stereocenters. The minimum absolute atomic E-state index is 0.0904. The molecule has 0 aliphatic heterocycles. The molecule has 1 rings (SSSR count). The molecule has 6 heteroatoms. The van der Waals surface area contributed by atoms with Crippen molar-refractivity contribution in [2.24, 2.45) is 16.2 Å². The number of carbonyl (C=O) groups is 1. The van der Waals surface area contributed by atoms with Gasteiger partial charge in [-0.2, -0.15) is 15.8 Å². The molecule has 0 aromatic heterocycles. The summed E-state index contributed by atoms with van der Waals surface area (Å²) < 4.78 is -1.07. The van der Waals surface area contributed by atoms with Crippen LogP contribution in [0.3, 0.4) is 0 Å². The highest BCUT2D eigenvalue weighted by Crippen LogP contribution is 2.66. The second kappa shape index (κ2) is 5.47. The van der Waals surface area contributed by atoms with E-state index >= 15 is 0 Å². The quantitative estimate of drug-likeness (QED) is 0.446. The fraction of sp³-hybridized carbons (Fsp3) is 0.588. The summed E-state index contributed by atoms with van der Waals surface area (Å²) in [6.45, 7) is 10.5. The van der Waals surface area contributed by atoms with Crippen molar-refractivity contribution in [1.29, 1.82) is 15.8 Å². The summed E-state index contributed by atoms with van der Waals surface area (Å²) in [7, 11) is 0. The molecule has 0 saturated heterocycles. The summed E-state index contributed by atoms with van der Waals surface area (Å²) in [6, 6.07) is 5.41. The number of hydrogen-bond donors (Lipinski definition) is 0. The molecule has 0 unspecified atom stereocenters. The molecule has 1 aliphatic carbocycles. The van der Waals surface area contributed by atoms with E-state index in [0.29, 0.717) is 0 Å². The Kier molecular flexibility index (Phi) is 4.48. The van der Waals surface area contributed by atoms with Gasteiger partial charge in [0.2, 0.25) is 11.2 Å². The highest BCUT2D eigenvalue weighted by molar-refractivity contribution is 8.03. The third kappa shape index (κ3) is 2.34. The number of Topliss-reactive ketones (excluding diaryl/α,β-unsaturated/α-hetero) is 1. The first-order chi connectivity index (χ1) is 10.4. The molecule has 0 amide bonds. The van der Waals surface area contributed by atoms with Crippen LogP contribution in [0.2, 0.25) is 0 Å². The molecule has 0 heterocycles. The molecule has 0 aromatic rings. The maximum Gasteiger partial charge on any atom is 0.234 e. The zero-order valence-corrected chi connectivity index (χ0v) is 14.9. The monoisotopic (exact) mass is 326 g/mol. The third-order valence-electron chi connectivity index (χ3n) is 4.46. The van der Waals surface area contributed by atoms with Gasteiger partial charge in [-0.25, -0.2) is 0 Å². The molecule has 5 nitrogen and oxygen atoms in total. The molecule has 1 fully saturated rings. The standard InChI is InChI=1S/C17H18N4OS/c1-14(2)12(22)15(3,4)13(14)23-16(5,6)17(9-20,10-21)11(7-18)8-19/h1-6H3. The number of rotatable bonds is 4. The second-order valence-electron chi connectivity index (χ2n) is 7.09. The lowest BCUT2D eigenvalue weighted by atomic mass is 9.54. The molecule has 0 N–H and O–H groups in total. The van der Waals surface area contributed by atoms with Gasteiger partial charge in [-0.1, -0.05) is 0 Å². The number of nitrogens with zero attached hydrogens (tertiary/aromatic N) is 4. The van der Waals surface area contributed by atoms with Crippen LogP contribution in [0.5, 0.6) is 0 Å². The Balaban J connectivity index is 3.40. The Hall–Kier alpha value is -2.19. The van der Waals surface area contributed by atoms with Gasteiger partial charge in [0.15, 0.2) is 16.1 Å². The van der Waals surface area contributed by atoms with Gasteiger partial charge in [-0.05, 0) is 41.5 Å². The van der Waals surface area contributed by atoms with Crippen molar-refractivity contribution in [2.75, 3.05) is 0 Å². The number of thioether (sulfide) groups is 1. The van der Waals surface area contributed by atoms with Crippen LogP contribution in [-0.2, 0) is 4.79 Å². The van der Waals surface area contributed by atoms with Crippen molar-refractivity contribution in [3.8, 4) is 18.2 Å². The summed E-state index contributed by atoms with van der Waals surface area (Å²) in [5, 5.41) is 38.3. The van der Waals surface area contributed by atoms with Gasteiger partial charge < -0.3 is 5.41 Å². The number of hydrogen-bond acceptors (Lipinski definition) is 5. The van der Waals surface area contributed by atoms with Crippen LogP contribution in [0.15, 0.2) is 5.57 Å². The second-order valence-corrected chi connectivity index (χ2v) is 8.73. The largest absolute Gasteiger partial charge is 0.762 e. The van der Waals surface area contributed by atoms with E-state index < -0.39 is 26.6 Å². The first-order valence-electron chi connectivity index (χ1n) is 7.01. The van der Waals surface area contributed by atoms with E-state index in [9.17, 15) is 15.3 Å². The molecule has 0 spiro atoms. The molecule has 1 saturated carbocycles. The Labute approximate surface area is 141 Å². The van der Waals surface area contributed by atoms with Gasteiger partial charge in [-0.3, -0.25) is 10.7 Å². The van der Waals surface area contributed by atoms with Crippen molar-refractivity contribution < 1.29 is 4.79 Å². The predicted molar refractivity (Wildman–Crippen MR) is 88.6 cm³/mol. The Morgan fingerprint density at radius 2 is 1.57 bits per heavy atom. The highest BCUT2D eigenvalue weighted by atomic mass is 32.2. The number of carbonyl (C=O) groups excluding carboxylic acids is 1. The minimum Gasteiger partial charge on any atom is -0.762 e. The van der Waals surface area contributed by atoms with Crippen LogP contribution in [0.1, 0.15) is 41.5 Å². The maximum absolute atomic E-state index is 12.3. The molecule has 0 radical (unpaired) electrons.